The smallest absolute Gasteiger partial charge is 0.276 e. The van der Waals surface area contributed by atoms with Gasteiger partial charge in [0.05, 0.1) is 42.5 Å². The first kappa shape index (κ1) is 20.2. The molecule has 26 heavy (non-hydrogen) atoms. The molecule has 0 heterocycles. The van der Waals surface area contributed by atoms with Gasteiger partial charge in [-0.25, -0.2) is 4.83 Å². The van der Waals surface area contributed by atoms with E-state index < -0.39 is 10.0 Å². The maximum absolute atomic E-state index is 12.3. The molecule has 0 saturated carbocycles. The molecule has 0 saturated heterocycles. The Kier molecular flexibility index (Phi) is 6.57. The van der Waals surface area contributed by atoms with Crippen molar-refractivity contribution in [3.8, 4) is 17.2 Å². The molecular weight excluding hydrogens is 403 g/mol. The third-order valence-corrected chi connectivity index (χ3v) is 5.06. The number of nitrogens with zero attached hydrogens (tertiary/aromatic N) is 1. The SMILES string of the molecule is COc1ccc(S(=O)(=O)N/N=C/c2cc(Cl)c(OC)c(Cl)c2)cc1OC. The molecule has 0 spiro atoms. The molecule has 0 aliphatic rings. The maximum Gasteiger partial charge on any atom is 0.276 e. The van der Waals surface area contributed by atoms with Gasteiger partial charge >= 0.3 is 0 Å². The number of hydrogen-bond acceptors (Lipinski definition) is 6. The summed E-state index contributed by atoms with van der Waals surface area (Å²) >= 11 is 12.1. The minimum atomic E-state index is -3.90. The van der Waals surface area contributed by atoms with Crippen molar-refractivity contribution < 1.29 is 22.6 Å². The molecule has 140 valence electrons. The average Bonchev–Trinajstić information content (AvgIpc) is 2.60. The van der Waals surface area contributed by atoms with Crippen molar-refractivity contribution in [3.05, 3.63) is 45.9 Å². The Balaban J connectivity index is 2.21. The third kappa shape index (κ3) is 4.51. The molecule has 0 aliphatic heterocycles. The molecule has 0 aliphatic carbocycles. The molecule has 0 aromatic heterocycles. The van der Waals surface area contributed by atoms with Crippen LogP contribution in [0.5, 0.6) is 17.2 Å². The highest BCUT2D eigenvalue weighted by Crippen LogP contribution is 2.33. The van der Waals surface area contributed by atoms with E-state index in [0.717, 1.165) is 0 Å². The predicted octanol–water partition coefficient (Wildman–Crippen LogP) is 3.33. The Morgan fingerprint density at radius 2 is 1.58 bits per heavy atom. The molecule has 0 amide bonds. The molecule has 10 heteroatoms. The fourth-order valence-electron chi connectivity index (χ4n) is 2.06. The van der Waals surface area contributed by atoms with E-state index in [4.69, 9.17) is 37.4 Å². The Labute approximate surface area is 161 Å². The summed E-state index contributed by atoms with van der Waals surface area (Å²) in [6, 6.07) is 7.28. The Morgan fingerprint density at radius 1 is 0.962 bits per heavy atom. The van der Waals surface area contributed by atoms with Crippen LogP contribution < -0.4 is 19.0 Å². The fraction of sp³-hybridized carbons (Fsp3) is 0.188. The summed E-state index contributed by atoms with van der Waals surface area (Å²) in [7, 11) is 0.419. The van der Waals surface area contributed by atoms with Gasteiger partial charge in [0.2, 0.25) is 0 Å². The molecule has 1 N–H and O–H groups in total. The van der Waals surface area contributed by atoms with Gasteiger partial charge in [-0.2, -0.15) is 13.5 Å². The van der Waals surface area contributed by atoms with Crippen LogP contribution in [0, 0.1) is 0 Å². The van der Waals surface area contributed by atoms with E-state index in [1.807, 2.05) is 0 Å². The van der Waals surface area contributed by atoms with Crippen LogP contribution in [0.25, 0.3) is 0 Å². The quantitative estimate of drug-likeness (QED) is 0.550. The minimum absolute atomic E-state index is 0.0295. The van der Waals surface area contributed by atoms with Crippen molar-refractivity contribution in [2.24, 2.45) is 5.10 Å². The summed E-state index contributed by atoms with van der Waals surface area (Å²) in [5, 5.41) is 4.30. The van der Waals surface area contributed by atoms with Crippen LogP contribution >= 0.6 is 23.2 Å². The zero-order valence-electron chi connectivity index (χ0n) is 14.1. The van der Waals surface area contributed by atoms with Crippen LogP contribution in [0.2, 0.25) is 10.0 Å². The summed E-state index contributed by atoms with van der Waals surface area (Å²) in [5.41, 5.74) is 0.496. The van der Waals surface area contributed by atoms with Crippen molar-refractivity contribution >= 4 is 39.4 Å². The second kappa shape index (κ2) is 8.48. The van der Waals surface area contributed by atoms with Gasteiger partial charge in [0.25, 0.3) is 10.0 Å². The van der Waals surface area contributed by atoms with Gasteiger partial charge in [-0.15, -0.1) is 0 Å². The fourth-order valence-corrected chi connectivity index (χ4v) is 3.52. The molecule has 2 rings (SSSR count). The molecule has 7 nitrogen and oxygen atoms in total. The van der Waals surface area contributed by atoms with Gasteiger partial charge in [0, 0.05) is 6.07 Å². The number of hydrogen-bond donors (Lipinski definition) is 1. The van der Waals surface area contributed by atoms with E-state index in [-0.39, 0.29) is 20.7 Å². The van der Waals surface area contributed by atoms with Crippen LogP contribution in [-0.2, 0) is 10.0 Å². The second-order valence-electron chi connectivity index (χ2n) is 4.89. The first-order valence-corrected chi connectivity index (χ1v) is 9.36. The lowest BCUT2D eigenvalue weighted by Crippen LogP contribution is -2.18. The number of methoxy groups -OCH3 is 3. The van der Waals surface area contributed by atoms with Crippen LogP contribution in [0.1, 0.15) is 5.56 Å². The van der Waals surface area contributed by atoms with E-state index in [2.05, 4.69) is 9.93 Å². The molecule has 0 bridgehead atoms. The lowest BCUT2D eigenvalue weighted by molar-refractivity contribution is 0.354. The molecule has 0 fully saturated rings. The first-order valence-electron chi connectivity index (χ1n) is 7.12. The Morgan fingerprint density at radius 3 is 2.12 bits per heavy atom. The number of nitrogens with one attached hydrogen (secondary N) is 1. The van der Waals surface area contributed by atoms with Gasteiger partial charge < -0.3 is 14.2 Å². The number of ether oxygens (including phenoxy) is 3. The molecule has 0 atom stereocenters. The summed E-state index contributed by atoms with van der Waals surface area (Å²) in [5.74, 6) is 1.03. The monoisotopic (exact) mass is 418 g/mol. The molecule has 2 aromatic rings. The number of halogens is 2. The van der Waals surface area contributed by atoms with E-state index in [0.29, 0.717) is 17.1 Å². The zero-order chi connectivity index (χ0) is 19.3. The molecule has 0 radical (unpaired) electrons. The predicted molar refractivity (Wildman–Crippen MR) is 100 cm³/mol. The third-order valence-electron chi connectivity index (χ3n) is 3.28. The number of rotatable bonds is 7. The van der Waals surface area contributed by atoms with Crippen LogP contribution in [0.4, 0.5) is 0 Å². The van der Waals surface area contributed by atoms with Crippen molar-refractivity contribution in [1.82, 2.24) is 4.83 Å². The van der Waals surface area contributed by atoms with Crippen molar-refractivity contribution in [3.63, 3.8) is 0 Å². The van der Waals surface area contributed by atoms with Gasteiger partial charge in [0.15, 0.2) is 17.2 Å². The van der Waals surface area contributed by atoms with Crippen LogP contribution in [0.3, 0.4) is 0 Å². The Bertz CT molecular complexity index is 909. The van der Waals surface area contributed by atoms with Crippen LogP contribution in [0.15, 0.2) is 40.3 Å². The standard InChI is InChI=1S/C16H16Cl2N2O5S/c1-23-14-5-4-11(8-15(14)24-2)26(21,22)20-19-9-10-6-12(17)16(25-3)13(18)7-10/h4-9,20H,1-3H3/b19-9+. The second-order valence-corrected chi connectivity index (χ2v) is 7.36. The van der Waals surface area contributed by atoms with E-state index in [9.17, 15) is 8.42 Å². The normalized spacial score (nSPS) is 11.4. The molecule has 2 aromatic carbocycles. The van der Waals surface area contributed by atoms with Gasteiger partial charge in [-0.05, 0) is 29.8 Å². The number of sulfonamides is 1. The zero-order valence-corrected chi connectivity index (χ0v) is 16.4. The summed E-state index contributed by atoms with van der Waals surface area (Å²) in [4.78, 5) is 2.08. The van der Waals surface area contributed by atoms with Crippen molar-refractivity contribution in [2.75, 3.05) is 21.3 Å². The summed E-state index contributed by atoms with van der Waals surface area (Å²) in [6.07, 6.45) is 1.27. The number of hydrazone groups is 1. The maximum atomic E-state index is 12.3. The van der Waals surface area contributed by atoms with Gasteiger partial charge in [-0.1, -0.05) is 23.2 Å². The highest BCUT2D eigenvalue weighted by atomic mass is 35.5. The van der Waals surface area contributed by atoms with Crippen molar-refractivity contribution in [1.29, 1.82) is 0 Å². The van der Waals surface area contributed by atoms with E-state index in [1.54, 1.807) is 12.1 Å². The average molecular weight is 419 g/mol. The van der Waals surface area contributed by atoms with E-state index in [1.165, 1.54) is 45.7 Å². The summed E-state index contributed by atoms with van der Waals surface area (Å²) in [6.45, 7) is 0. The topological polar surface area (TPSA) is 86.2 Å². The highest BCUT2D eigenvalue weighted by Gasteiger charge is 2.16. The highest BCUT2D eigenvalue weighted by molar-refractivity contribution is 7.89. The van der Waals surface area contributed by atoms with E-state index >= 15 is 0 Å². The minimum Gasteiger partial charge on any atom is -0.494 e. The Hall–Kier alpha value is -2.16. The largest absolute Gasteiger partial charge is 0.494 e. The molecule has 0 unspecified atom stereocenters. The lowest BCUT2D eigenvalue weighted by atomic mass is 10.2. The van der Waals surface area contributed by atoms with Gasteiger partial charge in [-0.3, -0.25) is 0 Å². The van der Waals surface area contributed by atoms with Crippen molar-refractivity contribution in [2.45, 2.75) is 4.90 Å². The first-order chi connectivity index (χ1) is 12.3. The summed E-state index contributed by atoms with van der Waals surface area (Å²) < 4.78 is 39.9. The molecular formula is C16H16Cl2N2O5S. The van der Waals surface area contributed by atoms with Crippen LogP contribution in [-0.4, -0.2) is 36.0 Å². The van der Waals surface area contributed by atoms with Gasteiger partial charge in [0.1, 0.15) is 0 Å². The number of benzene rings is 2. The lowest BCUT2D eigenvalue weighted by Gasteiger charge is -2.09.